The Balaban J connectivity index is 2.33. The molecular formula is C11H24N2. The number of nitrogens with two attached hydrogens (primary N) is 1. The third kappa shape index (κ3) is 2.44. The molecule has 0 aromatic heterocycles. The van der Waals surface area contributed by atoms with Gasteiger partial charge in [0, 0.05) is 6.54 Å². The Labute approximate surface area is 82.2 Å². The summed E-state index contributed by atoms with van der Waals surface area (Å²) in [7, 11) is 0. The largest absolute Gasteiger partial charge is 0.271 e. The minimum Gasteiger partial charge on any atom is -0.271 e. The molecule has 1 fully saturated rings. The van der Waals surface area contributed by atoms with Crippen LogP contribution in [0.25, 0.3) is 0 Å². The lowest BCUT2D eigenvalue weighted by Crippen LogP contribution is -2.38. The van der Waals surface area contributed by atoms with Crippen molar-refractivity contribution in [3.8, 4) is 0 Å². The first kappa shape index (κ1) is 11.0. The molecular weight excluding hydrogens is 160 g/mol. The van der Waals surface area contributed by atoms with E-state index in [2.05, 4.69) is 26.2 Å². The van der Waals surface area contributed by atoms with E-state index in [1.807, 2.05) is 0 Å². The predicted octanol–water partition coefficient (Wildman–Crippen LogP) is 2.16. The smallest absolute Gasteiger partial charge is 0.0126 e. The summed E-state index contributed by atoms with van der Waals surface area (Å²) in [4.78, 5) is 0. The van der Waals surface area contributed by atoms with Crippen LogP contribution in [0.5, 0.6) is 0 Å². The van der Waals surface area contributed by atoms with Crippen LogP contribution in [-0.4, -0.2) is 6.54 Å². The third-order valence-electron chi connectivity index (χ3n) is 4.01. The molecule has 0 aliphatic heterocycles. The van der Waals surface area contributed by atoms with Crippen LogP contribution < -0.4 is 11.3 Å². The fourth-order valence-electron chi connectivity index (χ4n) is 2.59. The molecule has 4 atom stereocenters. The molecule has 0 saturated heterocycles. The maximum absolute atomic E-state index is 5.34. The van der Waals surface area contributed by atoms with Gasteiger partial charge in [0.1, 0.15) is 0 Å². The predicted molar refractivity (Wildman–Crippen MR) is 57.0 cm³/mol. The summed E-state index contributed by atoms with van der Waals surface area (Å²) in [5.41, 5.74) is 2.78. The van der Waals surface area contributed by atoms with Gasteiger partial charge in [0.15, 0.2) is 0 Å². The molecule has 3 N–H and O–H groups in total. The SMILES string of the molecule is CCC1CCC1C(C)C(C)CNN. The molecule has 0 amide bonds. The average molecular weight is 184 g/mol. The van der Waals surface area contributed by atoms with Crippen LogP contribution in [0.3, 0.4) is 0 Å². The standard InChI is InChI=1S/C11H24N2/c1-4-10-5-6-11(10)9(3)8(2)7-13-12/h8-11,13H,4-7,12H2,1-3H3. The molecule has 2 heteroatoms. The van der Waals surface area contributed by atoms with Gasteiger partial charge in [-0.05, 0) is 36.5 Å². The van der Waals surface area contributed by atoms with Crippen molar-refractivity contribution < 1.29 is 0 Å². The van der Waals surface area contributed by atoms with Crippen molar-refractivity contribution in [1.29, 1.82) is 0 Å². The van der Waals surface area contributed by atoms with Crippen LogP contribution in [0.15, 0.2) is 0 Å². The van der Waals surface area contributed by atoms with E-state index in [0.29, 0.717) is 5.92 Å². The number of rotatable bonds is 5. The van der Waals surface area contributed by atoms with E-state index in [9.17, 15) is 0 Å². The number of hydrogen-bond acceptors (Lipinski definition) is 2. The molecule has 1 aliphatic rings. The Kier molecular flexibility index (Phi) is 4.20. The average Bonchev–Trinajstić information content (AvgIpc) is 2.03. The molecule has 78 valence electrons. The van der Waals surface area contributed by atoms with Crippen LogP contribution in [0.1, 0.15) is 40.0 Å². The zero-order valence-corrected chi connectivity index (χ0v) is 9.22. The molecule has 2 nitrogen and oxygen atoms in total. The molecule has 0 radical (unpaired) electrons. The van der Waals surface area contributed by atoms with Gasteiger partial charge in [-0.25, -0.2) is 0 Å². The van der Waals surface area contributed by atoms with Gasteiger partial charge in [0.05, 0.1) is 0 Å². The molecule has 0 aromatic carbocycles. The molecule has 1 rings (SSSR count). The first-order valence-corrected chi connectivity index (χ1v) is 5.64. The van der Waals surface area contributed by atoms with Gasteiger partial charge in [0.2, 0.25) is 0 Å². The minimum atomic E-state index is 0.712. The maximum atomic E-state index is 5.34. The van der Waals surface area contributed by atoms with Crippen molar-refractivity contribution in [2.75, 3.05) is 6.54 Å². The second-order valence-electron chi connectivity index (χ2n) is 4.65. The topological polar surface area (TPSA) is 38.0 Å². The lowest BCUT2D eigenvalue weighted by atomic mass is 9.63. The van der Waals surface area contributed by atoms with Crippen molar-refractivity contribution in [2.24, 2.45) is 29.5 Å². The molecule has 1 aliphatic carbocycles. The Bertz CT molecular complexity index is 145. The first-order valence-electron chi connectivity index (χ1n) is 5.64. The zero-order valence-electron chi connectivity index (χ0n) is 9.22. The second-order valence-corrected chi connectivity index (χ2v) is 4.65. The lowest BCUT2D eigenvalue weighted by molar-refractivity contribution is 0.0784. The van der Waals surface area contributed by atoms with Crippen LogP contribution in [0.4, 0.5) is 0 Å². The van der Waals surface area contributed by atoms with Gasteiger partial charge in [-0.3, -0.25) is 11.3 Å². The fourth-order valence-corrected chi connectivity index (χ4v) is 2.59. The van der Waals surface area contributed by atoms with Crippen molar-refractivity contribution in [3.05, 3.63) is 0 Å². The first-order chi connectivity index (χ1) is 6.20. The molecule has 0 heterocycles. The van der Waals surface area contributed by atoms with E-state index in [-0.39, 0.29) is 0 Å². The van der Waals surface area contributed by atoms with Crippen molar-refractivity contribution in [1.82, 2.24) is 5.43 Å². The highest BCUT2D eigenvalue weighted by Gasteiger charge is 2.35. The Hall–Kier alpha value is -0.0800. The minimum absolute atomic E-state index is 0.712. The van der Waals surface area contributed by atoms with E-state index >= 15 is 0 Å². The number of nitrogens with one attached hydrogen (secondary N) is 1. The van der Waals surface area contributed by atoms with Crippen LogP contribution >= 0.6 is 0 Å². The van der Waals surface area contributed by atoms with Gasteiger partial charge in [-0.15, -0.1) is 0 Å². The van der Waals surface area contributed by atoms with Crippen molar-refractivity contribution >= 4 is 0 Å². The third-order valence-corrected chi connectivity index (χ3v) is 4.01. The zero-order chi connectivity index (χ0) is 9.84. The molecule has 4 unspecified atom stereocenters. The Morgan fingerprint density at radius 1 is 1.38 bits per heavy atom. The van der Waals surface area contributed by atoms with E-state index in [1.54, 1.807) is 0 Å². The molecule has 1 saturated carbocycles. The van der Waals surface area contributed by atoms with Crippen molar-refractivity contribution in [2.45, 2.75) is 40.0 Å². The summed E-state index contributed by atoms with van der Waals surface area (Å²) in [6.07, 6.45) is 4.25. The van der Waals surface area contributed by atoms with Gasteiger partial charge in [-0.1, -0.05) is 27.2 Å². The van der Waals surface area contributed by atoms with Gasteiger partial charge in [0.25, 0.3) is 0 Å². The van der Waals surface area contributed by atoms with Crippen LogP contribution in [-0.2, 0) is 0 Å². The molecule has 0 bridgehead atoms. The lowest BCUT2D eigenvalue weighted by Gasteiger charge is -2.42. The maximum Gasteiger partial charge on any atom is 0.0126 e. The van der Waals surface area contributed by atoms with E-state index in [4.69, 9.17) is 5.84 Å². The van der Waals surface area contributed by atoms with E-state index in [1.165, 1.54) is 19.3 Å². The number of hydrazine groups is 1. The number of hydrogen-bond donors (Lipinski definition) is 2. The van der Waals surface area contributed by atoms with Gasteiger partial charge in [-0.2, -0.15) is 0 Å². The fraction of sp³-hybridized carbons (Fsp3) is 1.00. The Morgan fingerprint density at radius 2 is 2.08 bits per heavy atom. The summed E-state index contributed by atoms with van der Waals surface area (Å²) in [6, 6.07) is 0. The summed E-state index contributed by atoms with van der Waals surface area (Å²) < 4.78 is 0. The van der Waals surface area contributed by atoms with E-state index in [0.717, 1.165) is 24.3 Å². The van der Waals surface area contributed by atoms with Gasteiger partial charge < -0.3 is 0 Å². The summed E-state index contributed by atoms with van der Waals surface area (Å²) in [5, 5.41) is 0. The van der Waals surface area contributed by atoms with Crippen molar-refractivity contribution in [3.63, 3.8) is 0 Å². The molecule has 0 aromatic rings. The summed E-state index contributed by atoms with van der Waals surface area (Å²) in [6.45, 7) is 7.95. The van der Waals surface area contributed by atoms with Gasteiger partial charge >= 0.3 is 0 Å². The Morgan fingerprint density at radius 3 is 2.46 bits per heavy atom. The highest BCUT2D eigenvalue weighted by atomic mass is 15.2. The highest BCUT2D eigenvalue weighted by Crippen LogP contribution is 2.43. The highest BCUT2D eigenvalue weighted by molar-refractivity contribution is 4.85. The van der Waals surface area contributed by atoms with E-state index < -0.39 is 0 Å². The second kappa shape index (κ2) is 4.97. The normalized spacial score (nSPS) is 32.3. The van der Waals surface area contributed by atoms with Crippen LogP contribution in [0, 0.1) is 23.7 Å². The quantitative estimate of drug-likeness (QED) is 0.507. The molecule has 13 heavy (non-hydrogen) atoms. The summed E-state index contributed by atoms with van der Waals surface area (Å²) >= 11 is 0. The monoisotopic (exact) mass is 184 g/mol. The summed E-state index contributed by atoms with van der Waals surface area (Å²) in [5.74, 6) is 8.85. The molecule has 0 spiro atoms. The van der Waals surface area contributed by atoms with Crippen LogP contribution in [0.2, 0.25) is 0 Å².